The largest absolute Gasteiger partial charge is 0.487 e. The average molecular weight is 282 g/mol. The van der Waals surface area contributed by atoms with Crippen LogP contribution in [0.2, 0.25) is 0 Å². The number of nitrogens with zero attached hydrogens (tertiary/aromatic N) is 1. The first-order valence-corrected chi connectivity index (χ1v) is 7.57. The molecule has 1 unspecified atom stereocenters. The minimum Gasteiger partial charge on any atom is -0.487 e. The van der Waals surface area contributed by atoms with Gasteiger partial charge in [-0.1, -0.05) is 30.3 Å². The number of hydrogen-bond acceptors (Lipinski definition) is 3. The summed E-state index contributed by atoms with van der Waals surface area (Å²) in [6.45, 7) is 4.06. The Morgan fingerprint density at radius 2 is 2.00 bits per heavy atom. The van der Waals surface area contributed by atoms with Gasteiger partial charge in [0.25, 0.3) is 0 Å². The monoisotopic (exact) mass is 282 g/mol. The van der Waals surface area contributed by atoms with Crippen LogP contribution >= 0.6 is 0 Å². The maximum absolute atomic E-state index is 5.92. The zero-order chi connectivity index (χ0) is 14.7. The van der Waals surface area contributed by atoms with Crippen molar-refractivity contribution in [3.63, 3.8) is 0 Å². The fourth-order valence-electron chi connectivity index (χ4n) is 2.87. The molecule has 0 saturated heterocycles. The summed E-state index contributed by atoms with van der Waals surface area (Å²) in [4.78, 5) is 2.39. The number of fused-ring (bicyclic) bond motifs is 1. The molecule has 1 aliphatic rings. The normalized spacial score (nSPS) is 17.2. The van der Waals surface area contributed by atoms with Crippen molar-refractivity contribution in [2.24, 2.45) is 0 Å². The summed E-state index contributed by atoms with van der Waals surface area (Å²) >= 11 is 0. The maximum Gasteiger partial charge on any atom is 0.143 e. The van der Waals surface area contributed by atoms with E-state index in [1.807, 2.05) is 18.2 Å². The highest BCUT2D eigenvalue weighted by Crippen LogP contribution is 2.35. The lowest BCUT2D eigenvalue weighted by Crippen LogP contribution is -2.39. The molecular weight excluding hydrogens is 260 g/mol. The van der Waals surface area contributed by atoms with Crippen LogP contribution in [0.25, 0.3) is 0 Å². The Kier molecular flexibility index (Phi) is 4.00. The van der Waals surface area contributed by atoms with E-state index in [1.54, 1.807) is 0 Å². The first-order valence-electron chi connectivity index (χ1n) is 7.57. The van der Waals surface area contributed by atoms with Crippen molar-refractivity contribution < 1.29 is 4.74 Å². The molecule has 0 amide bonds. The van der Waals surface area contributed by atoms with Crippen LogP contribution in [0.4, 0.5) is 11.4 Å². The number of aryl methyl sites for hydroxylation is 1. The lowest BCUT2D eigenvalue weighted by atomic mass is 10.1. The van der Waals surface area contributed by atoms with Crippen molar-refractivity contribution in [2.75, 3.05) is 23.7 Å². The number of nitrogen functional groups attached to an aromatic ring is 1. The van der Waals surface area contributed by atoms with Gasteiger partial charge in [0.15, 0.2) is 0 Å². The predicted octanol–water partition coefficient (Wildman–Crippen LogP) is 3.49. The zero-order valence-corrected chi connectivity index (χ0v) is 12.5. The molecule has 3 heteroatoms. The van der Waals surface area contributed by atoms with Crippen molar-refractivity contribution in [1.29, 1.82) is 0 Å². The SMILES string of the molecule is CC1CN(CCCc2ccccc2)c2cc(N)ccc2O1. The Hall–Kier alpha value is -2.16. The third kappa shape index (κ3) is 3.30. The molecule has 0 fully saturated rings. The summed E-state index contributed by atoms with van der Waals surface area (Å²) in [6, 6.07) is 16.5. The van der Waals surface area contributed by atoms with E-state index >= 15 is 0 Å². The number of hydrogen-bond donors (Lipinski definition) is 1. The molecule has 0 bridgehead atoms. The Morgan fingerprint density at radius 3 is 2.81 bits per heavy atom. The van der Waals surface area contributed by atoms with E-state index in [4.69, 9.17) is 10.5 Å². The number of rotatable bonds is 4. The highest BCUT2D eigenvalue weighted by Gasteiger charge is 2.22. The summed E-state index contributed by atoms with van der Waals surface area (Å²) in [5, 5.41) is 0. The lowest BCUT2D eigenvalue weighted by Gasteiger charge is -2.35. The summed E-state index contributed by atoms with van der Waals surface area (Å²) < 4.78 is 5.88. The molecule has 2 aromatic carbocycles. The van der Waals surface area contributed by atoms with Crippen LogP contribution in [-0.4, -0.2) is 19.2 Å². The standard InChI is InChI=1S/C18H22N2O/c1-14-13-20(11-5-8-15-6-3-2-4-7-15)17-12-16(19)9-10-18(17)21-14/h2-4,6-7,9-10,12,14H,5,8,11,13,19H2,1H3. The van der Waals surface area contributed by atoms with Crippen molar-refractivity contribution in [3.05, 3.63) is 54.1 Å². The van der Waals surface area contributed by atoms with Gasteiger partial charge in [-0.3, -0.25) is 0 Å². The first kappa shape index (κ1) is 13.8. The topological polar surface area (TPSA) is 38.5 Å². The van der Waals surface area contributed by atoms with Gasteiger partial charge >= 0.3 is 0 Å². The van der Waals surface area contributed by atoms with E-state index in [2.05, 4.69) is 42.2 Å². The molecule has 0 spiro atoms. The summed E-state index contributed by atoms with van der Waals surface area (Å²) in [7, 11) is 0. The summed E-state index contributed by atoms with van der Waals surface area (Å²) in [5.41, 5.74) is 9.23. The minimum absolute atomic E-state index is 0.220. The minimum atomic E-state index is 0.220. The van der Waals surface area contributed by atoms with Gasteiger partial charge in [0.2, 0.25) is 0 Å². The van der Waals surface area contributed by atoms with Crippen LogP contribution in [0.3, 0.4) is 0 Å². The molecule has 2 aromatic rings. The van der Waals surface area contributed by atoms with Crippen molar-refractivity contribution in [2.45, 2.75) is 25.9 Å². The van der Waals surface area contributed by atoms with Gasteiger partial charge in [-0.05, 0) is 43.5 Å². The van der Waals surface area contributed by atoms with Gasteiger partial charge in [0.05, 0.1) is 12.2 Å². The van der Waals surface area contributed by atoms with Crippen LogP contribution in [0.5, 0.6) is 5.75 Å². The van der Waals surface area contributed by atoms with E-state index in [0.717, 1.165) is 43.1 Å². The molecule has 1 atom stereocenters. The van der Waals surface area contributed by atoms with Gasteiger partial charge in [0, 0.05) is 12.2 Å². The molecule has 0 radical (unpaired) electrons. The van der Waals surface area contributed by atoms with E-state index in [0.29, 0.717) is 0 Å². The zero-order valence-electron chi connectivity index (χ0n) is 12.5. The molecule has 2 N–H and O–H groups in total. The third-order valence-electron chi connectivity index (χ3n) is 3.87. The fourth-order valence-corrected chi connectivity index (χ4v) is 2.87. The van der Waals surface area contributed by atoms with Crippen LogP contribution in [0.15, 0.2) is 48.5 Å². The van der Waals surface area contributed by atoms with Gasteiger partial charge in [-0.15, -0.1) is 0 Å². The third-order valence-corrected chi connectivity index (χ3v) is 3.87. The van der Waals surface area contributed by atoms with Gasteiger partial charge in [-0.2, -0.15) is 0 Å². The molecule has 1 heterocycles. The average Bonchev–Trinajstić information content (AvgIpc) is 2.49. The maximum atomic E-state index is 5.92. The molecule has 3 rings (SSSR count). The van der Waals surface area contributed by atoms with Crippen molar-refractivity contribution in [1.82, 2.24) is 0 Å². The van der Waals surface area contributed by atoms with E-state index in [1.165, 1.54) is 5.56 Å². The first-order chi connectivity index (χ1) is 10.2. The van der Waals surface area contributed by atoms with Crippen LogP contribution in [-0.2, 0) is 6.42 Å². The van der Waals surface area contributed by atoms with Crippen LogP contribution < -0.4 is 15.4 Å². The second kappa shape index (κ2) is 6.08. The molecule has 0 saturated carbocycles. The summed E-state index contributed by atoms with van der Waals surface area (Å²) in [5.74, 6) is 0.947. The highest BCUT2D eigenvalue weighted by atomic mass is 16.5. The fraction of sp³-hybridized carbons (Fsp3) is 0.333. The van der Waals surface area contributed by atoms with Gasteiger partial charge < -0.3 is 15.4 Å². The van der Waals surface area contributed by atoms with E-state index < -0.39 is 0 Å². The lowest BCUT2D eigenvalue weighted by molar-refractivity contribution is 0.212. The molecule has 3 nitrogen and oxygen atoms in total. The Balaban J connectivity index is 1.67. The Labute approximate surface area is 126 Å². The predicted molar refractivity (Wildman–Crippen MR) is 87.9 cm³/mol. The van der Waals surface area contributed by atoms with Crippen molar-refractivity contribution >= 4 is 11.4 Å². The van der Waals surface area contributed by atoms with Crippen molar-refractivity contribution in [3.8, 4) is 5.75 Å². The highest BCUT2D eigenvalue weighted by molar-refractivity contribution is 5.66. The second-order valence-electron chi connectivity index (χ2n) is 5.69. The summed E-state index contributed by atoms with van der Waals surface area (Å²) in [6.07, 6.45) is 2.45. The van der Waals surface area contributed by atoms with Crippen LogP contribution in [0.1, 0.15) is 18.9 Å². The Morgan fingerprint density at radius 1 is 1.19 bits per heavy atom. The van der Waals surface area contributed by atoms with E-state index in [-0.39, 0.29) is 6.10 Å². The van der Waals surface area contributed by atoms with E-state index in [9.17, 15) is 0 Å². The molecule has 21 heavy (non-hydrogen) atoms. The molecule has 0 aromatic heterocycles. The van der Waals surface area contributed by atoms with Gasteiger partial charge in [0.1, 0.15) is 11.9 Å². The number of benzene rings is 2. The Bertz CT molecular complexity index is 597. The number of ether oxygens (including phenoxy) is 1. The second-order valence-corrected chi connectivity index (χ2v) is 5.69. The van der Waals surface area contributed by atoms with Crippen LogP contribution in [0, 0.1) is 0 Å². The van der Waals surface area contributed by atoms with Gasteiger partial charge in [-0.25, -0.2) is 0 Å². The molecule has 1 aliphatic heterocycles. The molecule has 0 aliphatic carbocycles. The molecule has 110 valence electrons. The number of nitrogens with two attached hydrogens (primary N) is 1. The molecular formula is C18H22N2O. The smallest absolute Gasteiger partial charge is 0.143 e. The quantitative estimate of drug-likeness (QED) is 0.872. The number of anilines is 2.